The molecule has 1 aromatic carbocycles. The van der Waals surface area contributed by atoms with E-state index < -0.39 is 0 Å². The molecule has 1 aliphatic carbocycles. The van der Waals surface area contributed by atoms with E-state index in [-0.39, 0.29) is 12.1 Å². The van der Waals surface area contributed by atoms with Crippen molar-refractivity contribution in [3.05, 3.63) is 35.4 Å². The van der Waals surface area contributed by atoms with Crippen LogP contribution in [-0.2, 0) is 4.74 Å². The fraction of sp³-hybridized carbons (Fsp3) is 0.556. The van der Waals surface area contributed by atoms with Crippen molar-refractivity contribution in [2.24, 2.45) is 11.3 Å². The van der Waals surface area contributed by atoms with Gasteiger partial charge in [-0.15, -0.1) is 0 Å². The van der Waals surface area contributed by atoms with Gasteiger partial charge in [-0.2, -0.15) is 5.26 Å². The minimum atomic E-state index is -0.279. The van der Waals surface area contributed by atoms with Crippen LogP contribution in [0.1, 0.15) is 62.4 Å². The summed E-state index contributed by atoms with van der Waals surface area (Å²) in [5, 5.41) is 8.75. The third-order valence-corrected chi connectivity index (χ3v) is 4.42. The Labute approximate surface area is 126 Å². The molecule has 0 spiro atoms. The summed E-state index contributed by atoms with van der Waals surface area (Å²) in [6.07, 6.45) is 4.17. The number of benzene rings is 1. The van der Waals surface area contributed by atoms with E-state index in [0.29, 0.717) is 22.5 Å². The molecule has 0 unspecified atom stereocenters. The van der Waals surface area contributed by atoms with Crippen LogP contribution < -0.4 is 0 Å². The van der Waals surface area contributed by atoms with E-state index in [9.17, 15) is 4.79 Å². The third-order valence-electron chi connectivity index (χ3n) is 4.42. The average molecular weight is 285 g/mol. The summed E-state index contributed by atoms with van der Waals surface area (Å²) in [7, 11) is 0. The minimum absolute atomic E-state index is 0.0340. The molecule has 0 aromatic heterocycles. The first kappa shape index (κ1) is 15.6. The Morgan fingerprint density at radius 3 is 2.19 bits per heavy atom. The van der Waals surface area contributed by atoms with Crippen molar-refractivity contribution in [3.8, 4) is 6.07 Å². The zero-order chi connectivity index (χ0) is 15.5. The summed E-state index contributed by atoms with van der Waals surface area (Å²) in [6, 6.07) is 8.64. The molecule has 2 rings (SSSR count). The Morgan fingerprint density at radius 2 is 1.71 bits per heavy atom. The molecule has 1 aliphatic rings. The van der Waals surface area contributed by atoms with Gasteiger partial charge in [0.1, 0.15) is 6.10 Å². The van der Waals surface area contributed by atoms with Crippen LogP contribution in [0.4, 0.5) is 0 Å². The molecule has 1 saturated carbocycles. The molecule has 1 aromatic rings. The lowest BCUT2D eigenvalue weighted by Gasteiger charge is -2.36. The normalized spacial score (nSPS) is 22.4. The second kappa shape index (κ2) is 6.30. The van der Waals surface area contributed by atoms with E-state index in [4.69, 9.17) is 10.00 Å². The lowest BCUT2D eigenvalue weighted by atomic mass is 9.72. The van der Waals surface area contributed by atoms with Crippen molar-refractivity contribution in [2.45, 2.75) is 52.6 Å². The second-order valence-corrected chi connectivity index (χ2v) is 6.93. The second-order valence-electron chi connectivity index (χ2n) is 6.93. The molecule has 0 atom stereocenters. The first-order chi connectivity index (χ1) is 9.90. The molecule has 1 fully saturated rings. The van der Waals surface area contributed by atoms with Crippen LogP contribution in [0, 0.1) is 22.7 Å². The Balaban J connectivity index is 1.88. The topological polar surface area (TPSA) is 50.1 Å². The highest BCUT2D eigenvalue weighted by Crippen LogP contribution is 2.38. The summed E-state index contributed by atoms with van der Waals surface area (Å²) in [4.78, 5) is 12.1. The summed E-state index contributed by atoms with van der Waals surface area (Å²) in [5.74, 6) is 0.432. The molecule has 0 amide bonds. The molecule has 21 heavy (non-hydrogen) atoms. The van der Waals surface area contributed by atoms with Gasteiger partial charge in [0.15, 0.2) is 0 Å². The third kappa shape index (κ3) is 4.07. The molecule has 0 radical (unpaired) electrons. The minimum Gasteiger partial charge on any atom is -0.459 e. The molecule has 112 valence electrons. The lowest BCUT2D eigenvalue weighted by Crippen LogP contribution is -2.30. The molecule has 0 aliphatic heterocycles. The van der Waals surface area contributed by atoms with Crippen molar-refractivity contribution in [2.75, 3.05) is 0 Å². The van der Waals surface area contributed by atoms with E-state index >= 15 is 0 Å². The van der Waals surface area contributed by atoms with Crippen molar-refractivity contribution >= 4 is 5.97 Å². The number of carbonyl (C=O) groups excluding carboxylic acids is 1. The van der Waals surface area contributed by atoms with E-state index in [0.717, 1.165) is 25.7 Å². The van der Waals surface area contributed by atoms with E-state index in [1.807, 2.05) is 6.07 Å². The maximum atomic E-state index is 12.1. The highest BCUT2D eigenvalue weighted by atomic mass is 16.5. The van der Waals surface area contributed by atoms with Crippen LogP contribution in [0.2, 0.25) is 0 Å². The van der Waals surface area contributed by atoms with Gasteiger partial charge in [0, 0.05) is 0 Å². The SMILES string of the molecule is CC(C)(C)C1CCC(OC(=O)c2ccc(C#N)cc2)CC1. The quantitative estimate of drug-likeness (QED) is 0.760. The van der Waals surface area contributed by atoms with Gasteiger partial charge in [0.25, 0.3) is 0 Å². The summed E-state index contributed by atoms with van der Waals surface area (Å²) < 4.78 is 5.59. The monoisotopic (exact) mass is 285 g/mol. The maximum Gasteiger partial charge on any atom is 0.338 e. The molecule has 0 N–H and O–H groups in total. The molecular formula is C18H23NO2. The first-order valence-electron chi connectivity index (χ1n) is 7.61. The van der Waals surface area contributed by atoms with Crippen molar-refractivity contribution in [1.29, 1.82) is 5.26 Å². The Kier molecular flexibility index (Phi) is 4.67. The van der Waals surface area contributed by atoms with Gasteiger partial charge >= 0.3 is 5.97 Å². The van der Waals surface area contributed by atoms with Gasteiger partial charge < -0.3 is 4.74 Å². The summed E-state index contributed by atoms with van der Waals surface area (Å²) in [6.45, 7) is 6.84. The molecular weight excluding hydrogens is 262 g/mol. The van der Waals surface area contributed by atoms with Gasteiger partial charge in [-0.05, 0) is 61.3 Å². The van der Waals surface area contributed by atoms with Gasteiger partial charge in [-0.1, -0.05) is 20.8 Å². The van der Waals surface area contributed by atoms with Crippen molar-refractivity contribution < 1.29 is 9.53 Å². The predicted molar refractivity (Wildman–Crippen MR) is 81.8 cm³/mol. The molecule has 0 bridgehead atoms. The Hall–Kier alpha value is -1.82. The number of hydrogen-bond donors (Lipinski definition) is 0. The molecule has 3 nitrogen and oxygen atoms in total. The number of ether oxygens (including phenoxy) is 1. The van der Waals surface area contributed by atoms with E-state index in [1.165, 1.54) is 0 Å². The van der Waals surface area contributed by atoms with Gasteiger partial charge in [0.2, 0.25) is 0 Å². The predicted octanol–water partition coefficient (Wildman–Crippen LogP) is 4.32. The number of nitrogens with zero attached hydrogens (tertiary/aromatic N) is 1. The van der Waals surface area contributed by atoms with Crippen LogP contribution in [0.5, 0.6) is 0 Å². The average Bonchev–Trinajstić information content (AvgIpc) is 2.47. The van der Waals surface area contributed by atoms with Crippen LogP contribution in [-0.4, -0.2) is 12.1 Å². The standard InChI is InChI=1S/C18H23NO2/c1-18(2,3)15-8-10-16(11-9-15)21-17(20)14-6-4-13(12-19)5-7-14/h4-7,15-16H,8-11H2,1-3H3. The first-order valence-corrected chi connectivity index (χ1v) is 7.61. The summed E-state index contributed by atoms with van der Waals surface area (Å²) in [5.41, 5.74) is 1.41. The smallest absolute Gasteiger partial charge is 0.338 e. The van der Waals surface area contributed by atoms with Crippen LogP contribution in [0.15, 0.2) is 24.3 Å². The van der Waals surface area contributed by atoms with E-state index in [2.05, 4.69) is 20.8 Å². The number of nitriles is 1. The molecule has 0 saturated heterocycles. The highest BCUT2D eigenvalue weighted by Gasteiger charge is 2.31. The van der Waals surface area contributed by atoms with E-state index in [1.54, 1.807) is 24.3 Å². The van der Waals surface area contributed by atoms with Crippen molar-refractivity contribution in [3.63, 3.8) is 0 Å². The lowest BCUT2D eigenvalue weighted by molar-refractivity contribution is 0.00929. The van der Waals surface area contributed by atoms with Gasteiger partial charge in [-0.25, -0.2) is 4.79 Å². The largest absolute Gasteiger partial charge is 0.459 e. The molecule has 0 heterocycles. The number of hydrogen-bond acceptors (Lipinski definition) is 3. The van der Waals surface area contributed by atoms with Crippen LogP contribution >= 0.6 is 0 Å². The van der Waals surface area contributed by atoms with Crippen LogP contribution in [0.3, 0.4) is 0 Å². The number of esters is 1. The van der Waals surface area contributed by atoms with Gasteiger partial charge in [0.05, 0.1) is 17.2 Å². The van der Waals surface area contributed by atoms with Gasteiger partial charge in [-0.3, -0.25) is 0 Å². The Morgan fingerprint density at radius 1 is 1.14 bits per heavy atom. The number of rotatable bonds is 2. The molecule has 3 heteroatoms. The van der Waals surface area contributed by atoms with Crippen LogP contribution in [0.25, 0.3) is 0 Å². The maximum absolute atomic E-state index is 12.1. The fourth-order valence-electron chi connectivity index (χ4n) is 2.95. The zero-order valence-corrected chi connectivity index (χ0v) is 13.1. The fourth-order valence-corrected chi connectivity index (χ4v) is 2.95. The zero-order valence-electron chi connectivity index (χ0n) is 13.1. The number of carbonyl (C=O) groups is 1. The highest BCUT2D eigenvalue weighted by molar-refractivity contribution is 5.89. The van der Waals surface area contributed by atoms with Crippen molar-refractivity contribution in [1.82, 2.24) is 0 Å². The summed E-state index contributed by atoms with van der Waals surface area (Å²) >= 11 is 0. The Bertz CT molecular complexity index is 526.